The number of carbonyl (C=O) groups excluding carboxylic acids is 1. The first-order valence-corrected chi connectivity index (χ1v) is 13.2. The standard InChI is InChI=1S/C32H36N4O/c1-35(2)19-8-9-26-13-17-28-24-34-32(33)29(30(28)23-26)18-14-25-11-15-27(16-12-25)31(37)10-4-7-22-36-20-5-3-6-21-36/h11-13,15-17,23-24H,3-7,10,19-22H2,1-2H3,(H2,33,34). The molecule has 0 saturated carbocycles. The molecule has 0 amide bonds. The first kappa shape index (κ1) is 26.4. The van der Waals surface area contributed by atoms with Gasteiger partial charge in [-0.05, 0) is 83.7 Å². The second kappa shape index (κ2) is 13.1. The van der Waals surface area contributed by atoms with Gasteiger partial charge in [0.2, 0.25) is 0 Å². The number of Topliss-reactive ketones (excluding diaryl/α,β-unsaturated/α-hetero) is 1. The normalized spacial score (nSPS) is 13.6. The van der Waals surface area contributed by atoms with Crippen molar-refractivity contribution in [3.8, 4) is 23.7 Å². The third-order valence-corrected chi connectivity index (χ3v) is 6.67. The highest BCUT2D eigenvalue weighted by molar-refractivity contribution is 5.96. The summed E-state index contributed by atoms with van der Waals surface area (Å²) in [6.07, 6.45) is 8.35. The maximum absolute atomic E-state index is 12.6. The fourth-order valence-electron chi connectivity index (χ4n) is 4.56. The van der Waals surface area contributed by atoms with Gasteiger partial charge in [-0.1, -0.05) is 48.3 Å². The molecule has 1 aliphatic heterocycles. The minimum atomic E-state index is 0.198. The van der Waals surface area contributed by atoms with Gasteiger partial charge in [0.15, 0.2) is 5.78 Å². The van der Waals surface area contributed by atoms with E-state index in [4.69, 9.17) is 5.73 Å². The lowest BCUT2D eigenvalue weighted by molar-refractivity contribution is 0.0977. The molecule has 1 saturated heterocycles. The Morgan fingerprint density at radius 2 is 1.73 bits per heavy atom. The molecule has 0 aliphatic carbocycles. The number of nitrogen functional groups attached to an aromatic ring is 1. The van der Waals surface area contributed by atoms with Gasteiger partial charge in [-0.2, -0.15) is 0 Å². The molecule has 4 rings (SSSR count). The van der Waals surface area contributed by atoms with Crippen molar-refractivity contribution in [1.29, 1.82) is 0 Å². The average molecular weight is 493 g/mol. The van der Waals surface area contributed by atoms with Gasteiger partial charge in [0.1, 0.15) is 5.82 Å². The summed E-state index contributed by atoms with van der Waals surface area (Å²) in [5.74, 6) is 13.4. The van der Waals surface area contributed by atoms with Gasteiger partial charge >= 0.3 is 0 Å². The van der Waals surface area contributed by atoms with Crippen molar-refractivity contribution in [1.82, 2.24) is 14.8 Å². The molecule has 0 bridgehead atoms. The van der Waals surface area contributed by atoms with Crippen LogP contribution in [0, 0.1) is 23.7 Å². The molecule has 2 N–H and O–H groups in total. The van der Waals surface area contributed by atoms with Gasteiger partial charge in [0, 0.05) is 40.1 Å². The number of nitrogens with zero attached hydrogens (tertiary/aromatic N) is 3. The van der Waals surface area contributed by atoms with E-state index < -0.39 is 0 Å². The summed E-state index contributed by atoms with van der Waals surface area (Å²) in [5, 5.41) is 1.91. The van der Waals surface area contributed by atoms with E-state index in [2.05, 4.69) is 33.6 Å². The van der Waals surface area contributed by atoms with Gasteiger partial charge < -0.3 is 10.6 Å². The summed E-state index contributed by atoms with van der Waals surface area (Å²) >= 11 is 0. The highest BCUT2D eigenvalue weighted by Gasteiger charge is 2.11. The summed E-state index contributed by atoms with van der Waals surface area (Å²) in [7, 11) is 3.99. The predicted molar refractivity (Wildman–Crippen MR) is 152 cm³/mol. The number of benzene rings is 2. The number of aromatic nitrogens is 1. The topological polar surface area (TPSA) is 62.5 Å². The SMILES string of the molecule is CN(C)CC#Cc1ccc2cnc(N)c(C#Cc3ccc(C(=O)CCCCN4CCCCC4)cc3)c2c1. The monoisotopic (exact) mass is 492 g/mol. The number of likely N-dealkylation sites (tertiary alicyclic amines) is 1. The third-order valence-electron chi connectivity index (χ3n) is 6.67. The van der Waals surface area contributed by atoms with Crippen LogP contribution in [0.5, 0.6) is 0 Å². The van der Waals surface area contributed by atoms with Gasteiger partial charge in [-0.3, -0.25) is 9.69 Å². The van der Waals surface area contributed by atoms with E-state index >= 15 is 0 Å². The quantitative estimate of drug-likeness (QED) is 0.287. The molecule has 0 unspecified atom stereocenters. The van der Waals surface area contributed by atoms with Crippen LogP contribution in [0.4, 0.5) is 5.82 Å². The summed E-state index contributed by atoms with van der Waals surface area (Å²) in [4.78, 5) is 21.5. The number of anilines is 1. The van der Waals surface area contributed by atoms with Gasteiger partial charge in [-0.15, -0.1) is 0 Å². The Hall–Kier alpha value is -3.64. The number of unbranched alkanes of at least 4 members (excludes halogenated alkanes) is 1. The first-order chi connectivity index (χ1) is 18.0. The molecule has 0 spiro atoms. The Balaban J connectivity index is 1.41. The van der Waals surface area contributed by atoms with E-state index in [9.17, 15) is 4.79 Å². The van der Waals surface area contributed by atoms with Crippen LogP contribution in [-0.4, -0.2) is 60.8 Å². The van der Waals surface area contributed by atoms with E-state index in [1.807, 2.05) is 61.5 Å². The second-order valence-corrected chi connectivity index (χ2v) is 9.97. The zero-order chi connectivity index (χ0) is 26.0. The fourth-order valence-corrected chi connectivity index (χ4v) is 4.56. The summed E-state index contributed by atoms with van der Waals surface area (Å²) in [6, 6.07) is 13.6. The van der Waals surface area contributed by atoms with Crippen LogP contribution in [0.15, 0.2) is 48.7 Å². The minimum Gasteiger partial charge on any atom is -0.383 e. The van der Waals surface area contributed by atoms with Crippen LogP contribution in [0.2, 0.25) is 0 Å². The molecule has 3 aromatic rings. The molecule has 2 heterocycles. The van der Waals surface area contributed by atoms with Crippen molar-refractivity contribution < 1.29 is 4.79 Å². The number of piperidine rings is 1. The largest absolute Gasteiger partial charge is 0.383 e. The summed E-state index contributed by atoms with van der Waals surface area (Å²) in [6.45, 7) is 4.23. The molecule has 1 aliphatic rings. The number of hydrogen-bond donors (Lipinski definition) is 1. The third kappa shape index (κ3) is 7.67. The van der Waals surface area contributed by atoms with Gasteiger partial charge in [0.05, 0.1) is 12.1 Å². The van der Waals surface area contributed by atoms with Crippen LogP contribution in [0.25, 0.3) is 10.8 Å². The van der Waals surface area contributed by atoms with E-state index in [1.54, 1.807) is 6.20 Å². The minimum absolute atomic E-state index is 0.198. The highest BCUT2D eigenvalue weighted by Crippen LogP contribution is 2.23. The van der Waals surface area contributed by atoms with Crippen LogP contribution in [0.1, 0.15) is 65.6 Å². The van der Waals surface area contributed by atoms with Crippen LogP contribution < -0.4 is 5.73 Å². The first-order valence-electron chi connectivity index (χ1n) is 13.2. The van der Waals surface area contributed by atoms with E-state index in [1.165, 1.54) is 32.4 Å². The number of hydrogen-bond acceptors (Lipinski definition) is 5. The lowest BCUT2D eigenvalue weighted by Crippen LogP contribution is -2.30. The zero-order valence-electron chi connectivity index (χ0n) is 22.0. The Bertz CT molecular complexity index is 1350. The number of rotatable bonds is 7. The van der Waals surface area contributed by atoms with E-state index in [0.717, 1.165) is 46.8 Å². The molecule has 1 fully saturated rings. The maximum atomic E-state index is 12.6. The van der Waals surface area contributed by atoms with Crippen LogP contribution in [0.3, 0.4) is 0 Å². The van der Waals surface area contributed by atoms with Crippen molar-refractivity contribution >= 4 is 22.4 Å². The maximum Gasteiger partial charge on any atom is 0.162 e. The molecule has 2 aromatic carbocycles. The number of ketones is 1. The van der Waals surface area contributed by atoms with Gasteiger partial charge in [0.25, 0.3) is 0 Å². The lowest BCUT2D eigenvalue weighted by atomic mass is 10.0. The number of nitrogens with two attached hydrogens (primary N) is 1. The molecule has 1 aromatic heterocycles. The molecule has 5 heteroatoms. The Kier molecular flexibility index (Phi) is 9.33. The zero-order valence-corrected chi connectivity index (χ0v) is 22.0. The van der Waals surface area contributed by atoms with Crippen molar-refractivity contribution in [2.75, 3.05) is 46.0 Å². The van der Waals surface area contributed by atoms with Gasteiger partial charge in [-0.25, -0.2) is 4.98 Å². The number of carbonyl (C=O) groups is 1. The Labute approximate surface area is 221 Å². The predicted octanol–water partition coefficient (Wildman–Crippen LogP) is 4.97. The summed E-state index contributed by atoms with van der Waals surface area (Å²) in [5.41, 5.74) is 9.40. The summed E-state index contributed by atoms with van der Waals surface area (Å²) < 4.78 is 0. The van der Waals surface area contributed by atoms with Crippen molar-refractivity contribution in [3.63, 3.8) is 0 Å². The Morgan fingerprint density at radius 3 is 2.49 bits per heavy atom. The average Bonchev–Trinajstić information content (AvgIpc) is 2.91. The molecular weight excluding hydrogens is 456 g/mol. The molecule has 37 heavy (non-hydrogen) atoms. The van der Waals surface area contributed by atoms with Crippen LogP contribution >= 0.6 is 0 Å². The lowest BCUT2D eigenvalue weighted by Gasteiger charge is -2.26. The Morgan fingerprint density at radius 1 is 0.973 bits per heavy atom. The van der Waals surface area contributed by atoms with Crippen molar-refractivity contribution in [3.05, 3.63) is 70.9 Å². The van der Waals surface area contributed by atoms with Crippen molar-refractivity contribution in [2.24, 2.45) is 0 Å². The molecule has 0 radical (unpaired) electrons. The highest BCUT2D eigenvalue weighted by atomic mass is 16.1. The molecule has 190 valence electrons. The molecule has 0 atom stereocenters. The number of fused-ring (bicyclic) bond motifs is 1. The van der Waals surface area contributed by atoms with Crippen molar-refractivity contribution in [2.45, 2.75) is 38.5 Å². The van der Waals surface area contributed by atoms with E-state index in [-0.39, 0.29) is 5.78 Å². The fraction of sp³-hybridized carbons (Fsp3) is 0.375. The second-order valence-electron chi connectivity index (χ2n) is 9.97. The molecular formula is C32H36N4O. The number of pyridine rings is 1. The molecule has 5 nitrogen and oxygen atoms in total. The smallest absolute Gasteiger partial charge is 0.162 e. The van der Waals surface area contributed by atoms with E-state index in [0.29, 0.717) is 24.3 Å². The van der Waals surface area contributed by atoms with Crippen LogP contribution in [-0.2, 0) is 0 Å².